The van der Waals surface area contributed by atoms with Gasteiger partial charge in [0.25, 0.3) is 0 Å². The number of rotatable bonds is 9. The second-order valence-electron chi connectivity index (χ2n) is 5.65. The Hall–Kier alpha value is -1.73. The molecule has 0 aliphatic rings. The van der Waals surface area contributed by atoms with E-state index in [0.29, 0.717) is 19.6 Å². The predicted octanol–water partition coefficient (Wildman–Crippen LogP) is 2.24. The molecule has 0 fully saturated rings. The van der Waals surface area contributed by atoms with Gasteiger partial charge in [-0.3, -0.25) is 0 Å². The quantitative estimate of drug-likeness (QED) is 0.681. The molecule has 6 heteroatoms. The average Bonchev–Trinajstić information content (AvgIpc) is 2.58. The lowest BCUT2D eigenvalue weighted by atomic mass is 10.2. The maximum absolute atomic E-state index is 12.1. The normalized spacial score (nSPS) is 12.9. The van der Waals surface area contributed by atoms with E-state index in [4.69, 9.17) is 4.74 Å². The van der Waals surface area contributed by atoms with Gasteiger partial charge in [0.1, 0.15) is 0 Å². The van der Waals surface area contributed by atoms with E-state index >= 15 is 0 Å². The van der Waals surface area contributed by atoms with Gasteiger partial charge >= 0.3 is 0 Å². The molecule has 5 nitrogen and oxygen atoms in total. The van der Waals surface area contributed by atoms with Gasteiger partial charge in [-0.2, -0.15) is 0 Å². The monoisotopic (exact) mass is 349 g/mol. The third kappa shape index (κ3) is 6.05. The van der Waals surface area contributed by atoms with Crippen LogP contribution < -0.4 is 4.72 Å². The number of nitrogens with one attached hydrogen (secondary N) is 1. The highest BCUT2D eigenvalue weighted by molar-refractivity contribution is 7.89. The molecule has 2 aromatic rings. The van der Waals surface area contributed by atoms with E-state index in [1.54, 1.807) is 24.3 Å². The fourth-order valence-electron chi connectivity index (χ4n) is 2.09. The zero-order valence-corrected chi connectivity index (χ0v) is 14.5. The van der Waals surface area contributed by atoms with Crippen LogP contribution >= 0.6 is 0 Å². The van der Waals surface area contributed by atoms with Crippen LogP contribution in [-0.4, -0.2) is 32.8 Å². The van der Waals surface area contributed by atoms with Crippen molar-refractivity contribution in [1.29, 1.82) is 0 Å². The van der Waals surface area contributed by atoms with Crippen molar-refractivity contribution in [1.82, 2.24) is 4.72 Å². The molecule has 0 unspecified atom stereocenters. The third-order valence-electron chi connectivity index (χ3n) is 3.55. The first-order valence-electron chi connectivity index (χ1n) is 7.83. The van der Waals surface area contributed by atoms with Crippen LogP contribution in [0.3, 0.4) is 0 Å². The molecular weight excluding hydrogens is 326 g/mol. The van der Waals surface area contributed by atoms with Gasteiger partial charge in [-0.15, -0.1) is 0 Å². The zero-order valence-electron chi connectivity index (χ0n) is 13.7. The van der Waals surface area contributed by atoms with Crippen LogP contribution in [-0.2, 0) is 21.4 Å². The van der Waals surface area contributed by atoms with E-state index in [1.807, 2.05) is 37.3 Å². The molecule has 0 heterocycles. The lowest BCUT2D eigenvalue weighted by Gasteiger charge is -2.13. The zero-order chi connectivity index (χ0) is 17.4. The summed E-state index contributed by atoms with van der Waals surface area (Å²) in [6, 6.07) is 16.3. The van der Waals surface area contributed by atoms with E-state index in [-0.39, 0.29) is 11.4 Å². The summed E-state index contributed by atoms with van der Waals surface area (Å²) in [4.78, 5) is 0.195. The van der Waals surface area contributed by atoms with Crippen LogP contribution in [0.1, 0.15) is 17.5 Å². The average molecular weight is 349 g/mol. The Kier molecular flexibility index (Phi) is 6.93. The van der Waals surface area contributed by atoms with Gasteiger partial charge in [0, 0.05) is 13.2 Å². The van der Waals surface area contributed by atoms with Crippen LogP contribution in [0, 0.1) is 6.92 Å². The van der Waals surface area contributed by atoms with Crippen LogP contribution in [0.4, 0.5) is 0 Å². The highest BCUT2D eigenvalue weighted by Crippen LogP contribution is 2.10. The lowest BCUT2D eigenvalue weighted by molar-refractivity contribution is 0.0752. The van der Waals surface area contributed by atoms with Gasteiger partial charge in [0.15, 0.2) is 0 Å². The van der Waals surface area contributed by atoms with E-state index in [1.165, 1.54) is 0 Å². The Labute approximate surface area is 143 Å². The van der Waals surface area contributed by atoms with Crippen molar-refractivity contribution < 1.29 is 18.3 Å². The summed E-state index contributed by atoms with van der Waals surface area (Å²) in [5.41, 5.74) is 2.05. The molecule has 0 saturated heterocycles. The predicted molar refractivity (Wildman–Crippen MR) is 93.1 cm³/mol. The van der Waals surface area contributed by atoms with Crippen molar-refractivity contribution in [2.45, 2.75) is 31.0 Å². The summed E-state index contributed by atoms with van der Waals surface area (Å²) in [6.07, 6.45) is -0.426. The molecule has 24 heavy (non-hydrogen) atoms. The fraction of sp³-hybridized carbons (Fsp3) is 0.333. The van der Waals surface area contributed by atoms with Crippen molar-refractivity contribution in [3.8, 4) is 0 Å². The maximum atomic E-state index is 12.1. The smallest absolute Gasteiger partial charge is 0.240 e. The molecule has 0 aromatic heterocycles. The van der Waals surface area contributed by atoms with Crippen LogP contribution in [0.25, 0.3) is 0 Å². The summed E-state index contributed by atoms with van der Waals surface area (Å²) in [6.45, 7) is 2.69. The molecule has 2 rings (SSSR count). The van der Waals surface area contributed by atoms with E-state index in [9.17, 15) is 13.5 Å². The van der Waals surface area contributed by atoms with Gasteiger partial charge in [-0.05, 0) is 31.0 Å². The number of hydrogen-bond acceptors (Lipinski definition) is 4. The highest BCUT2D eigenvalue weighted by atomic mass is 32.2. The lowest BCUT2D eigenvalue weighted by Crippen LogP contribution is -2.32. The largest absolute Gasteiger partial charge is 0.392 e. The summed E-state index contributed by atoms with van der Waals surface area (Å²) in [5.74, 6) is 0. The molecule has 1 atom stereocenters. The SMILES string of the molecule is Cc1ccc(S(=O)(=O)NC[C@H](O)CCOCc2ccccc2)cc1. The van der Waals surface area contributed by atoms with E-state index in [0.717, 1.165) is 11.1 Å². The fourth-order valence-corrected chi connectivity index (χ4v) is 3.17. The molecule has 0 radical (unpaired) electrons. The summed E-state index contributed by atoms with van der Waals surface area (Å²) in [5, 5.41) is 9.89. The summed E-state index contributed by atoms with van der Waals surface area (Å²) < 4.78 is 32.1. The number of aliphatic hydroxyl groups is 1. The minimum atomic E-state index is -3.60. The molecule has 130 valence electrons. The van der Waals surface area contributed by atoms with Crippen molar-refractivity contribution in [2.75, 3.05) is 13.2 Å². The Morgan fingerprint density at radius 3 is 2.42 bits per heavy atom. The number of aryl methyl sites for hydroxylation is 1. The van der Waals surface area contributed by atoms with Crippen molar-refractivity contribution >= 4 is 10.0 Å². The Morgan fingerprint density at radius 2 is 1.75 bits per heavy atom. The molecular formula is C18H23NO4S. The number of aliphatic hydroxyl groups excluding tert-OH is 1. The third-order valence-corrected chi connectivity index (χ3v) is 4.99. The van der Waals surface area contributed by atoms with Gasteiger partial charge in [0.05, 0.1) is 17.6 Å². The Bertz CT molecular complexity index is 714. The number of ether oxygens (including phenoxy) is 1. The van der Waals surface area contributed by atoms with Gasteiger partial charge < -0.3 is 9.84 Å². The van der Waals surface area contributed by atoms with Crippen molar-refractivity contribution in [2.24, 2.45) is 0 Å². The Balaban J connectivity index is 1.70. The second-order valence-corrected chi connectivity index (χ2v) is 7.41. The van der Waals surface area contributed by atoms with Crippen LogP contribution in [0.15, 0.2) is 59.5 Å². The molecule has 0 saturated carbocycles. The number of hydrogen-bond donors (Lipinski definition) is 2. The van der Waals surface area contributed by atoms with Crippen LogP contribution in [0.5, 0.6) is 0 Å². The van der Waals surface area contributed by atoms with E-state index < -0.39 is 16.1 Å². The molecule has 0 aliphatic heterocycles. The standard InChI is InChI=1S/C18H23NO4S/c1-15-7-9-18(10-8-15)24(21,22)19-13-17(20)11-12-23-14-16-5-3-2-4-6-16/h2-10,17,19-20H,11-14H2,1H3/t17-/m1/s1. The first-order chi connectivity index (χ1) is 11.5. The molecule has 0 amide bonds. The molecule has 0 bridgehead atoms. The molecule has 2 N–H and O–H groups in total. The van der Waals surface area contributed by atoms with Crippen LogP contribution in [0.2, 0.25) is 0 Å². The van der Waals surface area contributed by atoms with Crippen molar-refractivity contribution in [3.05, 3.63) is 65.7 Å². The van der Waals surface area contributed by atoms with Gasteiger partial charge in [-0.25, -0.2) is 13.1 Å². The number of benzene rings is 2. The van der Waals surface area contributed by atoms with Gasteiger partial charge in [-0.1, -0.05) is 48.0 Å². The minimum Gasteiger partial charge on any atom is -0.392 e. The molecule has 0 aliphatic carbocycles. The first kappa shape index (κ1) is 18.6. The maximum Gasteiger partial charge on any atom is 0.240 e. The first-order valence-corrected chi connectivity index (χ1v) is 9.32. The molecule has 0 spiro atoms. The summed E-state index contributed by atoms with van der Waals surface area (Å²) in [7, 11) is -3.60. The topological polar surface area (TPSA) is 75.6 Å². The van der Waals surface area contributed by atoms with Gasteiger partial charge in [0.2, 0.25) is 10.0 Å². The summed E-state index contributed by atoms with van der Waals surface area (Å²) >= 11 is 0. The van der Waals surface area contributed by atoms with Crippen molar-refractivity contribution in [3.63, 3.8) is 0 Å². The highest BCUT2D eigenvalue weighted by Gasteiger charge is 2.15. The number of sulfonamides is 1. The Morgan fingerprint density at radius 1 is 1.08 bits per heavy atom. The van der Waals surface area contributed by atoms with E-state index in [2.05, 4.69) is 4.72 Å². The second kappa shape index (κ2) is 8.94. The minimum absolute atomic E-state index is 0.0368. The molecule has 2 aromatic carbocycles.